The Labute approximate surface area is 107 Å². The quantitative estimate of drug-likeness (QED) is 0.810. The van der Waals surface area contributed by atoms with Crippen LogP contribution in [-0.2, 0) is 0 Å². The molecular weight excluding hydrogens is 208 g/mol. The van der Waals surface area contributed by atoms with E-state index in [1.165, 1.54) is 71.1 Å². The van der Waals surface area contributed by atoms with Crippen molar-refractivity contribution in [2.75, 3.05) is 26.2 Å². The van der Waals surface area contributed by atoms with Crippen molar-refractivity contribution in [3.05, 3.63) is 0 Å². The highest BCUT2D eigenvalue weighted by molar-refractivity contribution is 4.87. The predicted octanol–water partition coefficient (Wildman–Crippen LogP) is 3.03. The van der Waals surface area contributed by atoms with Gasteiger partial charge in [0.25, 0.3) is 0 Å². The van der Waals surface area contributed by atoms with Crippen LogP contribution in [0.2, 0.25) is 0 Å². The smallest absolute Gasteiger partial charge is 0.0153 e. The lowest BCUT2D eigenvalue weighted by atomic mass is 9.82. The molecule has 0 saturated carbocycles. The molecule has 2 heteroatoms. The van der Waals surface area contributed by atoms with Crippen molar-refractivity contribution in [1.29, 1.82) is 0 Å². The summed E-state index contributed by atoms with van der Waals surface area (Å²) in [6.07, 6.45) is 9.90. The molecule has 0 radical (unpaired) electrons. The van der Waals surface area contributed by atoms with Gasteiger partial charge in [0.1, 0.15) is 0 Å². The Hall–Kier alpha value is -0.0800. The first kappa shape index (κ1) is 13.4. The largest absolute Gasteiger partial charge is 0.312 e. The van der Waals surface area contributed by atoms with Gasteiger partial charge in [0.15, 0.2) is 0 Å². The van der Waals surface area contributed by atoms with E-state index in [9.17, 15) is 0 Å². The second-order valence-electron chi connectivity index (χ2n) is 6.36. The van der Waals surface area contributed by atoms with Crippen LogP contribution in [0, 0.1) is 5.92 Å². The lowest BCUT2D eigenvalue weighted by Gasteiger charge is -2.37. The zero-order valence-electron chi connectivity index (χ0n) is 11.8. The number of piperidine rings is 2. The van der Waals surface area contributed by atoms with E-state index in [1.54, 1.807) is 0 Å². The summed E-state index contributed by atoms with van der Waals surface area (Å²) in [5.41, 5.74) is 0.458. The maximum Gasteiger partial charge on any atom is 0.0153 e. The third-order valence-corrected chi connectivity index (χ3v) is 4.97. The highest BCUT2D eigenvalue weighted by atomic mass is 15.1. The van der Waals surface area contributed by atoms with Crippen LogP contribution in [0.25, 0.3) is 0 Å². The zero-order chi connectivity index (χ0) is 12.1. The molecule has 17 heavy (non-hydrogen) atoms. The molecule has 0 aliphatic carbocycles. The molecule has 1 unspecified atom stereocenters. The molecule has 0 spiro atoms. The van der Waals surface area contributed by atoms with Crippen LogP contribution in [0.4, 0.5) is 0 Å². The van der Waals surface area contributed by atoms with E-state index < -0.39 is 0 Å². The molecule has 1 N–H and O–H groups in total. The van der Waals surface area contributed by atoms with Gasteiger partial charge < -0.3 is 10.2 Å². The summed E-state index contributed by atoms with van der Waals surface area (Å²) in [6, 6.07) is 0. The summed E-state index contributed by atoms with van der Waals surface area (Å²) in [6.45, 7) is 9.88. The zero-order valence-corrected chi connectivity index (χ0v) is 11.8. The summed E-state index contributed by atoms with van der Waals surface area (Å²) >= 11 is 0. The number of nitrogens with zero attached hydrogens (tertiary/aromatic N) is 1. The first-order valence-electron chi connectivity index (χ1n) is 7.69. The summed E-state index contributed by atoms with van der Waals surface area (Å²) in [7, 11) is 0. The molecule has 0 amide bonds. The fourth-order valence-corrected chi connectivity index (χ4v) is 3.45. The van der Waals surface area contributed by atoms with E-state index in [2.05, 4.69) is 24.1 Å². The van der Waals surface area contributed by atoms with E-state index in [-0.39, 0.29) is 0 Å². The van der Waals surface area contributed by atoms with E-state index >= 15 is 0 Å². The average molecular weight is 238 g/mol. The fourth-order valence-electron chi connectivity index (χ4n) is 3.45. The van der Waals surface area contributed by atoms with Crippen molar-refractivity contribution in [1.82, 2.24) is 10.2 Å². The number of likely N-dealkylation sites (tertiary alicyclic amines) is 1. The van der Waals surface area contributed by atoms with Crippen LogP contribution in [-0.4, -0.2) is 36.6 Å². The van der Waals surface area contributed by atoms with Crippen LogP contribution in [0.5, 0.6) is 0 Å². The third-order valence-electron chi connectivity index (χ3n) is 4.97. The summed E-state index contributed by atoms with van der Waals surface area (Å²) in [4.78, 5) is 2.59. The monoisotopic (exact) mass is 238 g/mol. The number of rotatable bonds is 4. The van der Waals surface area contributed by atoms with Crippen LogP contribution >= 0.6 is 0 Å². The summed E-state index contributed by atoms with van der Waals surface area (Å²) in [5, 5.41) is 3.74. The van der Waals surface area contributed by atoms with E-state index in [1.807, 2.05) is 0 Å². The Morgan fingerprint density at radius 3 is 2.59 bits per heavy atom. The van der Waals surface area contributed by atoms with Crippen molar-refractivity contribution in [3.63, 3.8) is 0 Å². The standard InChI is InChI=1S/C15H30N2/c1-3-17-12-7-14(8-13-17)6-10-15(2)9-4-5-11-16-15/h14,16H,3-13H2,1-2H3. The molecule has 2 aliphatic rings. The molecule has 0 aromatic rings. The minimum absolute atomic E-state index is 0.458. The van der Waals surface area contributed by atoms with E-state index in [0.717, 1.165) is 5.92 Å². The maximum absolute atomic E-state index is 3.74. The highest BCUT2D eigenvalue weighted by Crippen LogP contribution is 2.29. The molecule has 2 saturated heterocycles. The maximum atomic E-state index is 3.74. The van der Waals surface area contributed by atoms with Gasteiger partial charge in [-0.05, 0) is 77.5 Å². The first-order valence-corrected chi connectivity index (χ1v) is 7.69. The molecule has 100 valence electrons. The minimum Gasteiger partial charge on any atom is -0.312 e. The fraction of sp³-hybridized carbons (Fsp3) is 1.00. The Morgan fingerprint density at radius 1 is 1.24 bits per heavy atom. The first-order chi connectivity index (χ1) is 8.22. The molecular formula is C15H30N2. The van der Waals surface area contributed by atoms with Gasteiger partial charge >= 0.3 is 0 Å². The van der Waals surface area contributed by atoms with Crippen molar-refractivity contribution < 1.29 is 0 Å². The second kappa shape index (κ2) is 6.19. The Bertz CT molecular complexity index is 213. The van der Waals surface area contributed by atoms with Gasteiger partial charge in [-0.2, -0.15) is 0 Å². The van der Waals surface area contributed by atoms with Crippen LogP contribution in [0.3, 0.4) is 0 Å². The Balaban J connectivity index is 1.68. The highest BCUT2D eigenvalue weighted by Gasteiger charge is 2.27. The van der Waals surface area contributed by atoms with Crippen molar-refractivity contribution in [2.45, 2.75) is 64.3 Å². The summed E-state index contributed by atoms with van der Waals surface area (Å²) < 4.78 is 0. The lowest BCUT2D eigenvalue weighted by molar-refractivity contribution is 0.168. The Kier molecular flexibility index (Phi) is 4.87. The molecule has 2 heterocycles. The minimum atomic E-state index is 0.458. The van der Waals surface area contributed by atoms with Crippen LogP contribution in [0.1, 0.15) is 58.8 Å². The van der Waals surface area contributed by atoms with E-state index in [0.29, 0.717) is 5.54 Å². The van der Waals surface area contributed by atoms with Crippen molar-refractivity contribution >= 4 is 0 Å². The predicted molar refractivity (Wildman–Crippen MR) is 74.3 cm³/mol. The van der Waals surface area contributed by atoms with Crippen molar-refractivity contribution in [2.24, 2.45) is 5.92 Å². The molecule has 2 fully saturated rings. The molecule has 2 nitrogen and oxygen atoms in total. The normalized spacial score (nSPS) is 32.8. The van der Waals surface area contributed by atoms with Crippen LogP contribution in [0.15, 0.2) is 0 Å². The van der Waals surface area contributed by atoms with Crippen LogP contribution < -0.4 is 5.32 Å². The van der Waals surface area contributed by atoms with Gasteiger partial charge in [-0.15, -0.1) is 0 Å². The molecule has 1 atom stereocenters. The Morgan fingerprint density at radius 2 is 2.00 bits per heavy atom. The van der Waals surface area contributed by atoms with Gasteiger partial charge in [-0.3, -0.25) is 0 Å². The van der Waals surface area contributed by atoms with Gasteiger partial charge in [-0.1, -0.05) is 13.3 Å². The number of hydrogen-bond donors (Lipinski definition) is 1. The average Bonchev–Trinajstić information content (AvgIpc) is 2.38. The second-order valence-corrected chi connectivity index (χ2v) is 6.36. The van der Waals surface area contributed by atoms with Crippen molar-refractivity contribution in [3.8, 4) is 0 Å². The lowest BCUT2D eigenvalue weighted by Crippen LogP contribution is -2.46. The molecule has 0 aromatic carbocycles. The SMILES string of the molecule is CCN1CCC(CCC2(C)CCCCN2)CC1. The van der Waals surface area contributed by atoms with E-state index in [4.69, 9.17) is 0 Å². The molecule has 2 aliphatic heterocycles. The number of hydrogen-bond acceptors (Lipinski definition) is 2. The summed E-state index contributed by atoms with van der Waals surface area (Å²) in [5.74, 6) is 0.998. The third kappa shape index (κ3) is 3.96. The van der Waals surface area contributed by atoms with Gasteiger partial charge in [0.2, 0.25) is 0 Å². The molecule has 0 aromatic heterocycles. The topological polar surface area (TPSA) is 15.3 Å². The van der Waals surface area contributed by atoms with Gasteiger partial charge in [0.05, 0.1) is 0 Å². The molecule has 0 bridgehead atoms. The number of nitrogens with one attached hydrogen (secondary N) is 1. The van der Waals surface area contributed by atoms with Gasteiger partial charge in [0, 0.05) is 5.54 Å². The molecule has 2 rings (SSSR count). The van der Waals surface area contributed by atoms with Gasteiger partial charge in [-0.25, -0.2) is 0 Å².